The predicted molar refractivity (Wildman–Crippen MR) is 90.0 cm³/mol. The van der Waals surface area contributed by atoms with Crippen LogP contribution in [0, 0.1) is 12.7 Å². The maximum absolute atomic E-state index is 13.6. The zero-order chi connectivity index (χ0) is 16.3. The molecule has 0 unspecified atom stereocenters. The maximum Gasteiger partial charge on any atom is 0.336 e. The number of carbonyl (C=O) groups excluding carboxylic acids is 1. The van der Waals surface area contributed by atoms with Crippen molar-refractivity contribution in [2.24, 2.45) is 0 Å². The van der Waals surface area contributed by atoms with Gasteiger partial charge in [-0.15, -0.1) is 0 Å². The van der Waals surface area contributed by atoms with E-state index in [1.165, 1.54) is 24.3 Å². The van der Waals surface area contributed by atoms with E-state index in [1.807, 2.05) is 0 Å². The van der Waals surface area contributed by atoms with Crippen molar-refractivity contribution >= 4 is 51.2 Å². The van der Waals surface area contributed by atoms with Crippen molar-refractivity contribution < 1.29 is 13.9 Å². The van der Waals surface area contributed by atoms with E-state index in [9.17, 15) is 9.18 Å². The summed E-state index contributed by atoms with van der Waals surface area (Å²) in [6.45, 7) is 1.76. The number of carbonyl (C=O) groups is 1. The van der Waals surface area contributed by atoms with Crippen LogP contribution in [0.5, 0.6) is 5.75 Å². The summed E-state index contributed by atoms with van der Waals surface area (Å²) in [4.78, 5) is 11.9. The van der Waals surface area contributed by atoms with Crippen LogP contribution in [0.4, 0.5) is 4.39 Å². The van der Waals surface area contributed by atoms with Gasteiger partial charge in [0, 0.05) is 16.1 Å². The molecule has 114 valence electrons. The van der Waals surface area contributed by atoms with Crippen LogP contribution in [0.3, 0.4) is 0 Å². The van der Waals surface area contributed by atoms with E-state index in [0.29, 0.717) is 10.6 Å². The Bertz CT molecular complexity index is 717. The second-order valence-corrected chi connectivity index (χ2v) is 6.15. The molecule has 0 radical (unpaired) electrons. The monoisotopic (exact) mass is 402 g/mol. The number of aryl methyl sites for hydroxylation is 1. The van der Waals surface area contributed by atoms with Gasteiger partial charge in [-0.2, -0.15) is 0 Å². The molecule has 0 saturated carbocycles. The van der Waals surface area contributed by atoms with Crippen LogP contribution in [0.15, 0.2) is 40.9 Å². The molecule has 2 rings (SSSR count). The molecular formula is C16H10BrCl2FO2. The molecule has 0 spiro atoms. The largest absolute Gasteiger partial charge is 0.421 e. The van der Waals surface area contributed by atoms with Gasteiger partial charge < -0.3 is 4.74 Å². The van der Waals surface area contributed by atoms with E-state index in [1.54, 1.807) is 19.1 Å². The first-order chi connectivity index (χ1) is 10.4. The number of hydrogen-bond acceptors (Lipinski definition) is 2. The predicted octanol–water partition coefficient (Wildman–Crippen LogP) is 5.82. The molecule has 0 amide bonds. The topological polar surface area (TPSA) is 26.3 Å². The molecule has 0 heterocycles. The Balaban J connectivity index is 2.19. The number of esters is 1. The van der Waals surface area contributed by atoms with Crippen LogP contribution in [0.2, 0.25) is 10.0 Å². The van der Waals surface area contributed by atoms with Crippen molar-refractivity contribution in [3.8, 4) is 5.75 Å². The van der Waals surface area contributed by atoms with Crippen molar-refractivity contribution in [2.75, 3.05) is 0 Å². The summed E-state index contributed by atoms with van der Waals surface area (Å²) in [6, 6.07) is 7.66. The summed E-state index contributed by atoms with van der Waals surface area (Å²) in [5.74, 6) is -0.930. The minimum atomic E-state index is -0.674. The average Bonchev–Trinajstić information content (AvgIpc) is 2.42. The van der Waals surface area contributed by atoms with Gasteiger partial charge in [-0.3, -0.25) is 0 Å². The molecule has 2 nitrogen and oxygen atoms in total. The average molecular weight is 404 g/mol. The van der Waals surface area contributed by atoms with E-state index in [4.69, 9.17) is 27.9 Å². The number of rotatable bonds is 3. The first-order valence-corrected chi connectivity index (χ1v) is 7.73. The summed E-state index contributed by atoms with van der Waals surface area (Å²) in [7, 11) is 0. The molecule has 6 heteroatoms. The van der Waals surface area contributed by atoms with E-state index < -0.39 is 11.8 Å². The molecule has 0 aliphatic rings. The number of halogens is 4. The highest BCUT2D eigenvalue weighted by Gasteiger charge is 2.11. The van der Waals surface area contributed by atoms with Gasteiger partial charge in [-0.1, -0.05) is 45.2 Å². The van der Waals surface area contributed by atoms with Crippen molar-refractivity contribution in [1.29, 1.82) is 0 Å². The maximum atomic E-state index is 13.6. The van der Waals surface area contributed by atoms with Crippen LogP contribution < -0.4 is 4.74 Å². The highest BCUT2D eigenvalue weighted by molar-refractivity contribution is 9.10. The normalized spacial score (nSPS) is 11.0. The molecule has 0 N–H and O–H groups in total. The Kier molecular flexibility index (Phi) is 5.62. The molecule has 0 aliphatic heterocycles. The van der Waals surface area contributed by atoms with Gasteiger partial charge in [0.25, 0.3) is 0 Å². The van der Waals surface area contributed by atoms with Crippen LogP contribution >= 0.6 is 39.1 Å². The van der Waals surface area contributed by atoms with Crippen molar-refractivity contribution in [2.45, 2.75) is 6.92 Å². The third-order valence-electron chi connectivity index (χ3n) is 2.78. The van der Waals surface area contributed by atoms with Gasteiger partial charge in [0.1, 0.15) is 5.82 Å². The molecule has 2 aromatic carbocycles. The molecule has 0 fully saturated rings. The Hall–Kier alpha value is -1.36. The highest BCUT2D eigenvalue weighted by atomic mass is 79.9. The zero-order valence-corrected chi connectivity index (χ0v) is 14.5. The minimum absolute atomic E-state index is 0.125. The van der Waals surface area contributed by atoms with Crippen LogP contribution in [0.25, 0.3) is 6.08 Å². The van der Waals surface area contributed by atoms with Crippen molar-refractivity contribution in [1.82, 2.24) is 0 Å². The number of hydrogen-bond donors (Lipinski definition) is 0. The van der Waals surface area contributed by atoms with Gasteiger partial charge in [-0.25, -0.2) is 9.18 Å². The Morgan fingerprint density at radius 3 is 2.64 bits per heavy atom. The summed E-state index contributed by atoms with van der Waals surface area (Å²) in [6.07, 6.45) is 2.37. The summed E-state index contributed by atoms with van der Waals surface area (Å²) in [5, 5.41) is 0.513. The van der Waals surface area contributed by atoms with Crippen LogP contribution in [0.1, 0.15) is 11.1 Å². The molecule has 0 aliphatic carbocycles. The van der Waals surface area contributed by atoms with Crippen LogP contribution in [-0.2, 0) is 4.79 Å². The molecule has 0 aromatic heterocycles. The molecule has 2 aromatic rings. The molecule has 0 bridgehead atoms. The molecule has 22 heavy (non-hydrogen) atoms. The standard InChI is InChI=1S/C16H10BrCl2FO2/c1-9-7-10(17)8-13(19)16(9)22-15(21)6-5-11-12(18)3-2-4-14(11)20/h2-8H,1H3/b6-5+. The van der Waals surface area contributed by atoms with Gasteiger partial charge in [-0.05, 0) is 42.8 Å². The van der Waals surface area contributed by atoms with Crippen molar-refractivity contribution in [3.05, 3.63) is 67.9 Å². The van der Waals surface area contributed by atoms with Gasteiger partial charge >= 0.3 is 5.97 Å². The highest BCUT2D eigenvalue weighted by Crippen LogP contribution is 2.32. The van der Waals surface area contributed by atoms with Crippen molar-refractivity contribution in [3.63, 3.8) is 0 Å². The van der Waals surface area contributed by atoms with Gasteiger partial charge in [0.15, 0.2) is 5.75 Å². The third kappa shape index (κ3) is 4.09. The van der Waals surface area contributed by atoms with E-state index in [-0.39, 0.29) is 16.3 Å². The summed E-state index contributed by atoms with van der Waals surface area (Å²) >= 11 is 15.2. The second kappa shape index (κ2) is 7.27. The first-order valence-electron chi connectivity index (χ1n) is 6.18. The third-order valence-corrected chi connectivity index (χ3v) is 3.85. The Labute approximate surface area is 145 Å². The summed E-state index contributed by atoms with van der Waals surface area (Å²) < 4.78 is 19.6. The minimum Gasteiger partial charge on any atom is -0.421 e. The van der Waals surface area contributed by atoms with E-state index in [0.717, 1.165) is 10.5 Å². The first kappa shape index (κ1) is 17.0. The Morgan fingerprint density at radius 2 is 2.00 bits per heavy atom. The van der Waals surface area contributed by atoms with Gasteiger partial charge in [0.05, 0.1) is 10.0 Å². The van der Waals surface area contributed by atoms with Crippen LogP contribution in [-0.4, -0.2) is 5.97 Å². The molecular weight excluding hydrogens is 394 g/mol. The quantitative estimate of drug-likeness (QED) is 0.366. The molecule has 0 atom stereocenters. The lowest BCUT2D eigenvalue weighted by atomic mass is 10.2. The lowest BCUT2D eigenvalue weighted by Gasteiger charge is -2.08. The molecule has 0 saturated heterocycles. The van der Waals surface area contributed by atoms with E-state index >= 15 is 0 Å². The van der Waals surface area contributed by atoms with Gasteiger partial charge in [0.2, 0.25) is 0 Å². The fourth-order valence-electron chi connectivity index (χ4n) is 1.77. The fraction of sp³-hybridized carbons (Fsp3) is 0.0625. The zero-order valence-electron chi connectivity index (χ0n) is 11.4. The number of benzene rings is 2. The lowest BCUT2D eigenvalue weighted by molar-refractivity contribution is -0.128. The SMILES string of the molecule is Cc1cc(Br)cc(Cl)c1OC(=O)/C=C/c1c(F)cccc1Cl. The lowest BCUT2D eigenvalue weighted by Crippen LogP contribution is -2.05. The summed E-state index contributed by atoms with van der Waals surface area (Å²) in [5.41, 5.74) is 0.824. The Morgan fingerprint density at radius 1 is 1.27 bits per heavy atom. The smallest absolute Gasteiger partial charge is 0.336 e. The second-order valence-electron chi connectivity index (χ2n) is 4.42. The fourth-order valence-corrected chi connectivity index (χ4v) is 3.01. The van der Waals surface area contributed by atoms with E-state index in [2.05, 4.69) is 15.9 Å². The number of ether oxygens (including phenoxy) is 1.